The Morgan fingerprint density at radius 2 is 1.70 bits per heavy atom. The number of aryl methyl sites for hydroxylation is 2. The van der Waals surface area contributed by atoms with Crippen molar-refractivity contribution < 1.29 is 13.2 Å². The van der Waals surface area contributed by atoms with Gasteiger partial charge < -0.3 is 0 Å². The quantitative estimate of drug-likeness (QED) is 0.604. The highest BCUT2D eigenvalue weighted by Crippen LogP contribution is 2.36. The molecule has 2 aromatic carbocycles. The van der Waals surface area contributed by atoms with Gasteiger partial charge in [-0.05, 0) is 36.6 Å². The monoisotopic (exact) mass is 342 g/mol. The van der Waals surface area contributed by atoms with Crippen molar-refractivity contribution in [3.8, 4) is 0 Å². The van der Waals surface area contributed by atoms with Gasteiger partial charge in [0.05, 0.1) is 10.4 Å². The van der Waals surface area contributed by atoms with Crippen LogP contribution in [0.1, 0.15) is 32.6 Å². The maximum absolute atomic E-state index is 12.8. The van der Waals surface area contributed by atoms with Crippen LogP contribution in [0.5, 0.6) is 0 Å². The van der Waals surface area contributed by atoms with Gasteiger partial charge in [-0.1, -0.05) is 57.9 Å². The molecule has 2 aromatic rings. The Hall–Kier alpha value is -1.29. The summed E-state index contributed by atoms with van der Waals surface area (Å²) in [5, 5.41) is 0. The molecule has 0 aromatic heterocycles. The maximum Gasteiger partial charge on any atom is 0.416 e. The van der Waals surface area contributed by atoms with E-state index in [4.69, 9.17) is 0 Å². The van der Waals surface area contributed by atoms with E-state index in [-0.39, 0.29) is 4.83 Å². The fraction of sp³-hybridized carbons (Fsp3) is 0.250. The van der Waals surface area contributed by atoms with E-state index in [9.17, 15) is 13.2 Å². The topological polar surface area (TPSA) is 0 Å². The van der Waals surface area contributed by atoms with E-state index in [1.807, 2.05) is 32.0 Å². The number of hydrogen-bond acceptors (Lipinski definition) is 0. The third-order valence-corrected chi connectivity index (χ3v) is 4.23. The van der Waals surface area contributed by atoms with Crippen LogP contribution in [0.15, 0.2) is 42.5 Å². The summed E-state index contributed by atoms with van der Waals surface area (Å²) in [6, 6.07) is 11.4. The first-order chi connectivity index (χ1) is 9.29. The van der Waals surface area contributed by atoms with Crippen LogP contribution in [-0.4, -0.2) is 0 Å². The molecule has 0 aliphatic rings. The second-order valence-corrected chi connectivity index (χ2v) is 5.76. The molecule has 20 heavy (non-hydrogen) atoms. The average Bonchev–Trinajstić information content (AvgIpc) is 2.37. The molecule has 1 unspecified atom stereocenters. The molecule has 0 amide bonds. The first-order valence-electron chi connectivity index (χ1n) is 6.17. The molecule has 0 aliphatic heterocycles. The zero-order valence-corrected chi connectivity index (χ0v) is 12.7. The minimum absolute atomic E-state index is 0.245. The molecule has 0 nitrogen and oxygen atoms in total. The lowest BCUT2D eigenvalue weighted by Gasteiger charge is -2.16. The van der Waals surface area contributed by atoms with Gasteiger partial charge >= 0.3 is 6.18 Å². The van der Waals surface area contributed by atoms with Crippen LogP contribution >= 0.6 is 15.9 Å². The SMILES string of the molecule is Cc1ccc(C(Br)c2cccc(C(F)(F)F)c2)c(C)c1. The number of hydrogen-bond donors (Lipinski definition) is 0. The molecular formula is C16H14BrF3. The summed E-state index contributed by atoms with van der Waals surface area (Å²) in [6.45, 7) is 3.95. The molecular weight excluding hydrogens is 329 g/mol. The van der Waals surface area contributed by atoms with E-state index in [0.29, 0.717) is 5.56 Å². The van der Waals surface area contributed by atoms with Crippen molar-refractivity contribution in [3.05, 3.63) is 70.3 Å². The third-order valence-electron chi connectivity index (χ3n) is 3.20. The Morgan fingerprint density at radius 1 is 1.00 bits per heavy atom. The highest BCUT2D eigenvalue weighted by Gasteiger charge is 2.31. The summed E-state index contributed by atoms with van der Waals surface area (Å²) in [5.41, 5.74) is 3.16. The van der Waals surface area contributed by atoms with E-state index in [2.05, 4.69) is 15.9 Å². The second kappa shape index (κ2) is 5.60. The Labute approximate surface area is 124 Å². The van der Waals surface area contributed by atoms with Crippen LogP contribution in [0.3, 0.4) is 0 Å². The van der Waals surface area contributed by atoms with Crippen LogP contribution in [0.25, 0.3) is 0 Å². The first-order valence-corrected chi connectivity index (χ1v) is 7.09. The summed E-state index contributed by atoms with van der Waals surface area (Å²) < 4.78 is 38.3. The average molecular weight is 343 g/mol. The minimum atomic E-state index is -4.31. The molecule has 0 spiro atoms. The van der Waals surface area contributed by atoms with Gasteiger partial charge in [-0.15, -0.1) is 0 Å². The zero-order chi connectivity index (χ0) is 14.9. The molecule has 106 valence electrons. The van der Waals surface area contributed by atoms with E-state index >= 15 is 0 Å². The molecule has 0 N–H and O–H groups in total. The summed E-state index contributed by atoms with van der Waals surface area (Å²) in [5.74, 6) is 0. The smallest absolute Gasteiger partial charge is 0.166 e. The van der Waals surface area contributed by atoms with E-state index in [1.165, 1.54) is 12.1 Å². The zero-order valence-electron chi connectivity index (χ0n) is 11.1. The van der Waals surface area contributed by atoms with Crippen molar-refractivity contribution in [2.75, 3.05) is 0 Å². The Bertz CT molecular complexity index is 617. The molecule has 0 fully saturated rings. The summed E-state index contributed by atoms with van der Waals surface area (Å²) in [7, 11) is 0. The van der Waals surface area contributed by atoms with Crippen molar-refractivity contribution in [2.24, 2.45) is 0 Å². The van der Waals surface area contributed by atoms with Crippen molar-refractivity contribution >= 4 is 15.9 Å². The molecule has 0 saturated carbocycles. The lowest BCUT2D eigenvalue weighted by atomic mass is 9.97. The molecule has 0 aliphatic carbocycles. The van der Waals surface area contributed by atoms with Gasteiger partial charge in [0.15, 0.2) is 0 Å². The number of benzene rings is 2. The lowest BCUT2D eigenvalue weighted by molar-refractivity contribution is -0.137. The van der Waals surface area contributed by atoms with E-state index < -0.39 is 11.7 Å². The van der Waals surface area contributed by atoms with Crippen LogP contribution < -0.4 is 0 Å². The molecule has 0 radical (unpaired) electrons. The van der Waals surface area contributed by atoms with Gasteiger partial charge in [0, 0.05) is 0 Å². The summed E-state index contributed by atoms with van der Waals surface area (Å²) >= 11 is 3.50. The van der Waals surface area contributed by atoms with E-state index in [0.717, 1.165) is 22.8 Å². The normalized spacial score (nSPS) is 13.3. The van der Waals surface area contributed by atoms with Crippen molar-refractivity contribution in [3.63, 3.8) is 0 Å². The highest BCUT2D eigenvalue weighted by molar-refractivity contribution is 9.09. The molecule has 0 heterocycles. The van der Waals surface area contributed by atoms with Gasteiger partial charge in [-0.25, -0.2) is 0 Å². The largest absolute Gasteiger partial charge is 0.416 e. The van der Waals surface area contributed by atoms with Crippen molar-refractivity contribution in [1.29, 1.82) is 0 Å². The molecule has 1 atom stereocenters. The fourth-order valence-electron chi connectivity index (χ4n) is 2.16. The van der Waals surface area contributed by atoms with Gasteiger partial charge in [0.2, 0.25) is 0 Å². The number of rotatable bonds is 2. The van der Waals surface area contributed by atoms with Crippen molar-refractivity contribution in [2.45, 2.75) is 24.9 Å². The van der Waals surface area contributed by atoms with Gasteiger partial charge in [0.1, 0.15) is 0 Å². The predicted octanol–water partition coefficient (Wildman–Crippen LogP) is 5.81. The molecule has 0 saturated heterocycles. The van der Waals surface area contributed by atoms with Gasteiger partial charge in [-0.3, -0.25) is 0 Å². The molecule has 0 bridgehead atoms. The van der Waals surface area contributed by atoms with Crippen LogP contribution in [0, 0.1) is 13.8 Å². The van der Waals surface area contributed by atoms with Gasteiger partial charge in [-0.2, -0.15) is 13.2 Å². The van der Waals surface area contributed by atoms with Crippen molar-refractivity contribution in [1.82, 2.24) is 0 Å². The standard InChI is InChI=1S/C16H14BrF3/c1-10-6-7-14(11(2)8-10)15(17)12-4-3-5-13(9-12)16(18,19)20/h3-9,15H,1-2H3. The lowest BCUT2D eigenvalue weighted by Crippen LogP contribution is -2.06. The number of halogens is 4. The second-order valence-electron chi connectivity index (χ2n) is 4.85. The Morgan fingerprint density at radius 3 is 2.30 bits per heavy atom. The van der Waals surface area contributed by atoms with Crippen LogP contribution in [-0.2, 0) is 6.18 Å². The highest BCUT2D eigenvalue weighted by atomic mass is 79.9. The predicted molar refractivity (Wildman–Crippen MR) is 78.1 cm³/mol. The summed E-state index contributed by atoms with van der Waals surface area (Å²) in [4.78, 5) is -0.245. The third kappa shape index (κ3) is 3.23. The Kier molecular flexibility index (Phi) is 4.23. The maximum atomic E-state index is 12.8. The van der Waals surface area contributed by atoms with Gasteiger partial charge in [0.25, 0.3) is 0 Å². The van der Waals surface area contributed by atoms with Crippen LogP contribution in [0.2, 0.25) is 0 Å². The molecule has 4 heteroatoms. The number of alkyl halides is 4. The Balaban J connectivity index is 2.41. The van der Waals surface area contributed by atoms with E-state index in [1.54, 1.807) is 6.07 Å². The summed E-state index contributed by atoms with van der Waals surface area (Å²) in [6.07, 6.45) is -4.31. The molecule has 2 rings (SSSR count). The minimum Gasteiger partial charge on any atom is -0.166 e. The first kappa shape index (κ1) is 15.1. The fourth-order valence-corrected chi connectivity index (χ4v) is 2.96. The van der Waals surface area contributed by atoms with Crippen LogP contribution in [0.4, 0.5) is 13.2 Å².